The number of hydrogen-bond donors (Lipinski definition) is 5. The lowest BCUT2D eigenvalue weighted by Gasteiger charge is -2.24. The fourth-order valence-corrected chi connectivity index (χ4v) is 3.55. The van der Waals surface area contributed by atoms with Crippen LogP contribution in [-0.2, 0) is 9.59 Å². The number of carboxylic acids is 1. The molecule has 1 amide bonds. The molecule has 8 heteroatoms. The molecule has 1 aliphatic heterocycles. The highest BCUT2D eigenvalue weighted by Gasteiger charge is 2.38. The number of nitrogens with two attached hydrogens (primary N) is 2. The molecule has 0 aromatic heterocycles. The van der Waals surface area contributed by atoms with Crippen molar-refractivity contribution in [1.29, 1.82) is 0 Å². The summed E-state index contributed by atoms with van der Waals surface area (Å²) >= 11 is 0. The first kappa shape index (κ1) is 17.5. The van der Waals surface area contributed by atoms with Crippen LogP contribution in [0.15, 0.2) is 4.99 Å². The third-order valence-corrected chi connectivity index (χ3v) is 4.74. The average Bonchev–Trinajstić information content (AvgIpc) is 2.93. The minimum Gasteiger partial charge on any atom is -0.480 e. The van der Waals surface area contributed by atoms with E-state index >= 15 is 0 Å². The summed E-state index contributed by atoms with van der Waals surface area (Å²) < 4.78 is 0. The Morgan fingerprint density at radius 2 is 2.04 bits per heavy atom. The van der Waals surface area contributed by atoms with Gasteiger partial charge in [-0.25, -0.2) is 4.79 Å². The van der Waals surface area contributed by atoms with Crippen molar-refractivity contribution >= 4 is 17.8 Å². The van der Waals surface area contributed by atoms with Crippen molar-refractivity contribution in [2.45, 2.75) is 63.1 Å². The molecule has 0 radical (unpaired) electrons. The number of carbonyl (C=O) groups is 2. The molecule has 130 valence electrons. The quantitative estimate of drug-likeness (QED) is 0.243. The van der Waals surface area contributed by atoms with Gasteiger partial charge in [-0.2, -0.15) is 0 Å². The minimum atomic E-state index is -1.03. The molecule has 1 saturated carbocycles. The van der Waals surface area contributed by atoms with Crippen LogP contribution in [0, 0.1) is 5.92 Å². The molecule has 2 aliphatic rings. The van der Waals surface area contributed by atoms with Crippen LogP contribution in [0.5, 0.6) is 0 Å². The second-order valence-electron chi connectivity index (χ2n) is 6.45. The number of carbonyl (C=O) groups excluding carboxylic acids is 1. The summed E-state index contributed by atoms with van der Waals surface area (Å²) in [6.07, 6.45) is 6.29. The number of rotatable bonds is 7. The van der Waals surface area contributed by atoms with Gasteiger partial charge >= 0.3 is 5.97 Å². The zero-order valence-electron chi connectivity index (χ0n) is 13.3. The molecule has 23 heavy (non-hydrogen) atoms. The van der Waals surface area contributed by atoms with Gasteiger partial charge in [-0.15, -0.1) is 0 Å². The predicted octanol–water partition coefficient (Wildman–Crippen LogP) is -0.470. The molecule has 2 rings (SSSR count). The molecule has 1 heterocycles. The van der Waals surface area contributed by atoms with E-state index in [0.29, 0.717) is 31.3 Å². The summed E-state index contributed by atoms with van der Waals surface area (Å²) in [6.45, 7) is 0.355. The Labute approximate surface area is 136 Å². The fourth-order valence-electron chi connectivity index (χ4n) is 3.55. The van der Waals surface area contributed by atoms with E-state index < -0.39 is 12.0 Å². The van der Waals surface area contributed by atoms with Crippen molar-refractivity contribution in [3.63, 3.8) is 0 Å². The lowest BCUT2D eigenvalue weighted by Crippen LogP contribution is -2.49. The summed E-state index contributed by atoms with van der Waals surface area (Å²) in [5, 5.41) is 15.3. The number of hydrogen-bond acceptors (Lipinski definition) is 4. The number of amides is 1. The standard InChI is InChI=1S/C15H27N5O3/c16-15(17)18-7-3-6-11(14(22)23)20-13(21)12-8-9-4-1-2-5-10(9)19-12/h9-12,19H,1-8H2,(H,20,21)(H,22,23)(H4,16,17,18)/t9?,10-,11-,12?/m0/s1. The van der Waals surface area contributed by atoms with Gasteiger partial charge < -0.3 is 27.2 Å². The average molecular weight is 325 g/mol. The highest BCUT2D eigenvalue weighted by Crippen LogP contribution is 2.33. The molecule has 8 nitrogen and oxygen atoms in total. The molecule has 0 aromatic rings. The van der Waals surface area contributed by atoms with Crippen LogP contribution in [0.3, 0.4) is 0 Å². The summed E-state index contributed by atoms with van der Waals surface area (Å²) in [5.41, 5.74) is 10.4. The number of aliphatic imine (C=N–C) groups is 1. The Hall–Kier alpha value is -1.83. The Balaban J connectivity index is 1.81. The van der Waals surface area contributed by atoms with E-state index in [4.69, 9.17) is 11.5 Å². The van der Waals surface area contributed by atoms with Crippen LogP contribution in [0.25, 0.3) is 0 Å². The number of nitrogens with zero attached hydrogens (tertiary/aromatic N) is 1. The largest absolute Gasteiger partial charge is 0.480 e. The topological polar surface area (TPSA) is 143 Å². The summed E-state index contributed by atoms with van der Waals surface area (Å²) in [6, 6.07) is -0.770. The van der Waals surface area contributed by atoms with Crippen molar-refractivity contribution in [3.8, 4) is 0 Å². The lowest BCUT2D eigenvalue weighted by molar-refractivity contribution is -0.142. The van der Waals surface area contributed by atoms with Crippen LogP contribution < -0.4 is 22.1 Å². The zero-order chi connectivity index (χ0) is 16.8. The summed E-state index contributed by atoms with van der Waals surface area (Å²) in [5.74, 6) is -0.713. The lowest BCUT2D eigenvalue weighted by atomic mass is 9.85. The molecule has 0 aromatic carbocycles. The number of fused-ring (bicyclic) bond motifs is 1. The smallest absolute Gasteiger partial charge is 0.326 e. The van der Waals surface area contributed by atoms with Gasteiger partial charge in [-0.05, 0) is 38.0 Å². The number of carboxylic acid groups (broad SMARTS) is 1. The highest BCUT2D eigenvalue weighted by atomic mass is 16.4. The van der Waals surface area contributed by atoms with Gasteiger partial charge in [0.15, 0.2) is 5.96 Å². The molecule has 7 N–H and O–H groups in total. The SMILES string of the molecule is NC(N)=NCCC[C@H](NC(=O)C1CC2CCCC[C@@H]2N1)C(=O)O. The molecular formula is C15H27N5O3. The van der Waals surface area contributed by atoms with Crippen molar-refractivity contribution in [2.24, 2.45) is 22.4 Å². The Kier molecular flexibility index (Phi) is 6.20. The van der Waals surface area contributed by atoms with Gasteiger partial charge in [0, 0.05) is 12.6 Å². The van der Waals surface area contributed by atoms with Gasteiger partial charge in [-0.1, -0.05) is 12.8 Å². The molecular weight excluding hydrogens is 298 g/mol. The predicted molar refractivity (Wildman–Crippen MR) is 86.8 cm³/mol. The van der Waals surface area contributed by atoms with Crippen molar-refractivity contribution in [1.82, 2.24) is 10.6 Å². The minimum absolute atomic E-state index is 0.0151. The molecule has 0 bridgehead atoms. The van der Waals surface area contributed by atoms with E-state index in [2.05, 4.69) is 15.6 Å². The summed E-state index contributed by atoms with van der Waals surface area (Å²) in [7, 11) is 0. The van der Waals surface area contributed by atoms with Crippen molar-refractivity contribution < 1.29 is 14.7 Å². The molecule has 2 unspecified atom stereocenters. The maximum atomic E-state index is 12.3. The third kappa shape index (κ3) is 5.09. The van der Waals surface area contributed by atoms with E-state index in [1.165, 1.54) is 12.8 Å². The molecule has 0 spiro atoms. The van der Waals surface area contributed by atoms with Crippen molar-refractivity contribution in [2.75, 3.05) is 6.54 Å². The van der Waals surface area contributed by atoms with Gasteiger partial charge in [-0.3, -0.25) is 9.79 Å². The fraction of sp³-hybridized carbons (Fsp3) is 0.800. The molecule has 2 fully saturated rings. The highest BCUT2D eigenvalue weighted by molar-refractivity contribution is 5.87. The molecule has 1 saturated heterocycles. The van der Waals surface area contributed by atoms with E-state index in [0.717, 1.165) is 19.3 Å². The first-order chi connectivity index (χ1) is 11.0. The third-order valence-electron chi connectivity index (χ3n) is 4.74. The van der Waals surface area contributed by atoms with Gasteiger partial charge in [0.2, 0.25) is 5.91 Å². The Morgan fingerprint density at radius 3 is 2.70 bits per heavy atom. The normalized spacial score (nSPS) is 27.7. The first-order valence-electron chi connectivity index (χ1n) is 8.32. The monoisotopic (exact) mass is 325 g/mol. The molecule has 1 aliphatic carbocycles. The maximum absolute atomic E-state index is 12.3. The number of aliphatic carboxylic acids is 1. The second-order valence-corrected chi connectivity index (χ2v) is 6.45. The van der Waals surface area contributed by atoms with Crippen LogP contribution in [-0.4, -0.2) is 47.6 Å². The first-order valence-corrected chi connectivity index (χ1v) is 8.32. The van der Waals surface area contributed by atoms with E-state index in [9.17, 15) is 14.7 Å². The van der Waals surface area contributed by atoms with E-state index in [-0.39, 0.29) is 17.9 Å². The maximum Gasteiger partial charge on any atom is 0.326 e. The van der Waals surface area contributed by atoms with Crippen LogP contribution in [0.1, 0.15) is 44.9 Å². The van der Waals surface area contributed by atoms with Gasteiger partial charge in [0.1, 0.15) is 6.04 Å². The van der Waals surface area contributed by atoms with Crippen LogP contribution in [0.2, 0.25) is 0 Å². The Morgan fingerprint density at radius 1 is 1.30 bits per heavy atom. The van der Waals surface area contributed by atoms with Crippen LogP contribution >= 0.6 is 0 Å². The number of nitrogens with one attached hydrogen (secondary N) is 2. The van der Waals surface area contributed by atoms with E-state index in [1.807, 2.05) is 0 Å². The van der Waals surface area contributed by atoms with Crippen LogP contribution in [0.4, 0.5) is 0 Å². The summed E-state index contributed by atoms with van der Waals surface area (Å²) in [4.78, 5) is 27.5. The molecule has 4 atom stereocenters. The van der Waals surface area contributed by atoms with Gasteiger partial charge in [0.05, 0.1) is 6.04 Å². The second kappa shape index (κ2) is 8.14. The van der Waals surface area contributed by atoms with E-state index in [1.54, 1.807) is 0 Å². The Bertz CT molecular complexity index is 450. The number of guanidine groups is 1. The van der Waals surface area contributed by atoms with Gasteiger partial charge in [0.25, 0.3) is 0 Å². The zero-order valence-corrected chi connectivity index (χ0v) is 13.3. The van der Waals surface area contributed by atoms with Crippen molar-refractivity contribution in [3.05, 3.63) is 0 Å².